The molecule has 2 fully saturated rings. The molecule has 3 atom stereocenters. The third kappa shape index (κ3) is 3.30. The van der Waals surface area contributed by atoms with E-state index in [1.54, 1.807) is 18.2 Å². The zero-order valence-electron chi connectivity index (χ0n) is 17.5. The van der Waals surface area contributed by atoms with Gasteiger partial charge in [-0.05, 0) is 30.3 Å². The van der Waals surface area contributed by atoms with E-state index in [2.05, 4.69) is 0 Å². The van der Waals surface area contributed by atoms with Crippen LogP contribution < -0.4 is 14.7 Å². The molecule has 33 heavy (non-hydrogen) atoms. The molecule has 166 valence electrons. The fourth-order valence-electron chi connectivity index (χ4n) is 4.42. The SMILES string of the molecule is COc1ccccc1[C@H]1[C@H]2C(=O)N(c3ccc([N+](=O)[O-])cc3)C(=O)[C@H]2ON1c1ccccc1. The zero-order chi connectivity index (χ0) is 23.1. The molecule has 5 rings (SSSR count). The van der Waals surface area contributed by atoms with Crippen LogP contribution in [0.15, 0.2) is 78.9 Å². The molecule has 0 N–H and O–H groups in total. The number of non-ortho nitro benzene ring substituents is 1. The Kier molecular flexibility index (Phi) is 5.02. The second-order valence-corrected chi connectivity index (χ2v) is 7.69. The van der Waals surface area contributed by atoms with Crippen molar-refractivity contribution in [2.75, 3.05) is 17.1 Å². The smallest absolute Gasteiger partial charge is 0.269 e. The molecule has 0 aliphatic carbocycles. The van der Waals surface area contributed by atoms with Gasteiger partial charge in [-0.1, -0.05) is 36.4 Å². The number of hydrogen-bond donors (Lipinski definition) is 0. The van der Waals surface area contributed by atoms with Gasteiger partial charge in [-0.15, -0.1) is 0 Å². The minimum Gasteiger partial charge on any atom is -0.496 e. The number of nitro benzene ring substituents is 1. The number of hydroxylamine groups is 1. The molecule has 0 unspecified atom stereocenters. The van der Waals surface area contributed by atoms with Gasteiger partial charge in [0.1, 0.15) is 11.7 Å². The van der Waals surface area contributed by atoms with Gasteiger partial charge in [0.2, 0.25) is 5.91 Å². The molecule has 3 aromatic carbocycles. The molecule has 2 aliphatic rings. The molecule has 9 nitrogen and oxygen atoms in total. The third-order valence-electron chi connectivity index (χ3n) is 5.90. The minimum absolute atomic E-state index is 0.128. The van der Waals surface area contributed by atoms with Gasteiger partial charge >= 0.3 is 0 Å². The summed E-state index contributed by atoms with van der Waals surface area (Å²) in [5.74, 6) is -1.21. The summed E-state index contributed by atoms with van der Waals surface area (Å²) in [5, 5.41) is 12.6. The summed E-state index contributed by atoms with van der Waals surface area (Å²) in [7, 11) is 1.55. The lowest BCUT2D eigenvalue weighted by atomic mass is 9.90. The van der Waals surface area contributed by atoms with Crippen LogP contribution in [0.2, 0.25) is 0 Å². The summed E-state index contributed by atoms with van der Waals surface area (Å²) < 4.78 is 5.54. The third-order valence-corrected chi connectivity index (χ3v) is 5.90. The monoisotopic (exact) mass is 445 g/mol. The first kappa shape index (κ1) is 20.7. The number of methoxy groups -OCH3 is 1. The van der Waals surface area contributed by atoms with Crippen LogP contribution in [0, 0.1) is 16.0 Å². The Labute approximate surface area is 188 Å². The van der Waals surface area contributed by atoms with Gasteiger partial charge in [0.05, 0.1) is 29.4 Å². The van der Waals surface area contributed by atoms with Crippen molar-refractivity contribution in [3.05, 3.63) is 94.5 Å². The van der Waals surface area contributed by atoms with Crippen molar-refractivity contribution >= 4 is 28.9 Å². The number of carbonyl (C=O) groups is 2. The number of amides is 2. The Morgan fingerprint density at radius 1 is 0.879 bits per heavy atom. The molecule has 3 aromatic rings. The molecule has 0 spiro atoms. The van der Waals surface area contributed by atoms with Gasteiger partial charge in [0.15, 0.2) is 6.10 Å². The fraction of sp³-hybridized carbons (Fsp3) is 0.167. The number of nitro groups is 1. The Balaban J connectivity index is 1.58. The first-order valence-corrected chi connectivity index (χ1v) is 10.3. The van der Waals surface area contributed by atoms with E-state index < -0.39 is 34.8 Å². The standard InChI is InChI=1S/C24H19N3O6/c1-32-19-10-6-5-9-18(19)21-20-22(33-26(21)16-7-3-2-4-8-16)24(29)25(23(20)28)15-11-13-17(14-12-15)27(30)31/h2-14,20-22H,1H3/t20-,21+,22+/m1/s1. The number of ether oxygens (including phenoxy) is 1. The molecule has 0 radical (unpaired) electrons. The molecular formula is C24H19N3O6. The Bertz CT molecular complexity index is 1230. The van der Waals surface area contributed by atoms with Crippen LogP contribution in [0.25, 0.3) is 0 Å². The van der Waals surface area contributed by atoms with Crippen molar-refractivity contribution in [2.45, 2.75) is 12.1 Å². The summed E-state index contributed by atoms with van der Waals surface area (Å²) in [6, 6.07) is 21.2. The van der Waals surface area contributed by atoms with Crippen LogP contribution in [0.5, 0.6) is 5.75 Å². The van der Waals surface area contributed by atoms with Crippen molar-refractivity contribution in [1.82, 2.24) is 0 Å². The molecule has 2 saturated heterocycles. The van der Waals surface area contributed by atoms with Crippen molar-refractivity contribution in [1.29, 1.82) is 0 Å². The highest BCUT2D eigenvalue weighted by atomic mass is 16.7. The number of para-hydroxylation sites is 2. The minimum atomic E-state index is -1.04. The number of anilines is 2. The molecule has 0 saturated carbocycles. The van der Waals surface area contributed by atoms with E-state index in [0.29, 0.717) is 17.0 Å². The van der Waals surface area contributed by atoms with E-state index in [1.807, 2.05) is 48.5 Å². The molecule has 9 heteroatoms. The molecular weight excluding hydrogens is 426 g/mol. The lowest BCUT2D eigenvalue weighted by molar-refractivity contribution is -0.384. The summed E-state index contributed by atoms with van der Waals surface area (Å²) >= 11 is 0. The molecule has 2 aliphatic heterocycles. The van der Waals surface area contributed by atoms with Gasteiger partial charge in [0.25, 0.3) is 11.6 Å². The number of benzene rings is 3. The Hall–Kier alpha value is -4.24. The lowest BCUT2D eigenvalue weighted by Crippen LogP contribution is -2.37. The van der Waals surface area contributed by atoms with Crippen LogP contribution in [-0.4, -0.2) is 30.0 Å². The first-order chi connectivity index (χ1) is 16.0. The van der Waals surface area contributed by atoms with Crippen molar-refractivity contribution in [2.24, 2.45) is 5.92 Å². The second-order valence-electron chi connectivity index (χ2n) is 7.69. The van der Waals surface area contributed by atoms with E-state index in [1.165, 1.54) is 24.3 Å². The van der Waals surface area contributed by atoms with Crippen LogP contribution in [0.1, 0.15) is 11.6 Å². The van der Waals surface area contributed by atoms with Crippen LogP contribution in [0.4, 0.5) is 17.1 Å². The van der Waals surface area contributed by atoms with E-state index in [0.717, 1.165) is 4.90 Å². The number of carbonyl (C=O) groups excluding carboxylic acids is 2. The first-order valence-electron chi connectivity index (χ1n) is 10.3. The normalized spacial score (nSPS) is 21.9. The van der Waals surface area contributed by atoms with E-state index >= 15 is 0 Å². The quantitative estimate of drug-likeness (QED) is 0.336. The highest BCUT2D eigenvalue weighted by Gasteiger charge is 2.60. The van der Waals surface area contributed by atoms with Gasteiger partial charge in [-0.3, -0.25) is 24.5 Å². The average Bonchev–Trinajstić information content (AvgIpc) is 3.35. The molecule has 0 bridgehead atoms. The zero-order valence-corrected chi connectivity index (χ0v) is 17.5. The van der Waals surface area contributed by atoms with Gasteiger partial charge in [0, 0.05) is 17.7 Å². The van der Waals surface area contributed by atoms with Gasteiger partial charge in [-0.2, -0.15) is 0 Å². The predicted octanol–water partition coefficient (Wildman–Crippen LogP) is 3.65. The second kappa shape index (κ2) is 8.03. The Morgan fingerprint density at radius 3 is 2.21 bits per heavy atom. The van der Waals surface area contributed by atoms with Crippen LogP contribution >= 0.6 is 0 Å². The number of imide groups is 1. The van der Waals surface area contributed by atoms with E-state index in [4.69, 9.17) is 9.57 Å². The van der Waals surface area contributed by atoms with Gasteiger partial charge in [-0.25, -0.2) is 9.96 Å². The maximum Gasteiger partial charge on any atom is 0.269 e. The highest BCUT2D eigenvalue weighted by Crippen LogP contribution is 2.49. The largest absolute Gasteiger partial charge is 0.496 e. The van der Waals surface area contributed by atoms with Crippen LogP contribution in [0.3, 0.4) is 0 Å². The van der Waals surface area contributed by atoms with Crippen molar-refractivity contribution in [3.63, 3.8) is 0 Å². The summed E-state index contributed by atoms with van der Waals surface area (Å²) in [6.45, 7) is 0. The van der Waals surface area contributed by atoms with Crippen molar-refractivity contribution in [3.8, 4) is 5.75 Å². The van der Waals surface area contributed by atoms with E-state index in [-0.39, 0.29) is 11.4 Å². The average molecular weight is 445 g/mol. The predicted molar refractivity (Wildman–Crippen MR) is 119 cm³/mol. The molecule has 2 heterocycles. The lowest BCUT2D eigenvalue weighted by Gasteiger charge is -2.29. The number of nitrogens with zero attached hydrogens (tertiary/aromatic N) is 3. The Morgan fingerprint density at radius 2 is 1.55 bits per heavy atom. The summed E-state index contributed by atoms with van der Waals surface area (Å²) in [5.41, 5.74) is 1.54. The maximum atomic E-state index is 13.6. The highest BCUT2D eigenvalue weighted by molar-refractivity contribution is 6.24. The summed E-state index contributed by atoms with van der Waals surface area (Å²) in [6.07, 6.45) is -1.04. The fourth-order valence-corrected chi connectivity index (χ4v) is 4.42. The topological polar surface area (TPSA) is 102 Å². The number of hydrogen-bond acceptors (Lipinski definition) is 7. The van der Waals surface area contributed by atoms with E-state index in [9.17, 15) is 19.7 Å². The number of rotatable bonds is 5. The molecule has 0 aromatic heterocycles. The maximum absolute atomic E-state index is 13.6. The summed E-state index contributed by atoms with van der Waals surface area (Å²) in [4.78, 5) is 44.5. The van der Waals surface area contributed by atoms with Crippen molar-refractivity contribution < 1.29 is 24.1 Å². The molecule has 2 amide bonds. The van der Waals surface area contributed by atoms with Crippen LogP contribution in [-0.2, 0) is 14.4 Å². The number of fused-ring (bicyclic) bond motifs is 1. The van der Waals surface area contributed by atoms with Gasteiger partial charge < -0.3 is 4.74 Å².